The summed E-state index contributed by atoms with van der Waals surface area (Å²) in [7, 11) is 0. The Morgan fingerprint density at radius 3 is 2.37 bits per heavy atom. The molecule has 0 saturated carbocycles. The van der Waals surface area contributed by atoms with Crippen LogP contribution in [0, 0.1) is 0 Å². The minimum Gasteiger partial charge on any atom is -0.411 e. The molecule has 1 aromatic carbocycles. The SMILES string of the molecule is C/C(=N\O)c1cc(-c2ccccc2)c(C(F)(F)F)s1. The van der Waals surface area contributed by atoms with Crippen molar-refractivity contribution in [2.75, 3.05) is 0 Å². The zero-order valence-corrected chi connectivity index (χ0v) is 10.7. The molecule has 1 heterocycles. The van der Waals surface area contributed by atoms with Gasteiger partial charge in [-0.15, -0.1) is 11.3 Å². The molecule has 2 nitrogen and oxygen atoms in total. The fourth-order valence-corrected chi connectivity index (χ4v) is 2.65. The molecule has 2 rings (SSSR count). The van der Waals surface area contributed by atoms with Gasteiger partial charge in [0.15, 0.2) is 0 Å². The summed E-state index contributed by atoms with van der Waals surface area (Å²) >= 11 is 0.578. The van der Waals surface area contributed by atoms with Crippen molar-refractivity contribution in [2.45, 2.75) is 13.1 Å². The van der Waals surface area contributed by atoms with E-state index in [-0.39, 0.29) is 11.3 Å². The minimum atomic E-state index is -4.43. The maximum atomic E-state index is 13.0. The van der Waals surface area contributed by atoms with Gasteiger partial charge in [-0.2, -0.15) is 13.2 Å². The molecule has 1 aromatic heterocycles. The number of hydrogen-bond acceptors (Lipinski definition) is 3. The molecule has 0 fully saturated rings. The summed E-state index contributed by atoms with van der Waals surface area (Å²) < 4.78 is 39.1. The highest BCUT2D eigenvalue weighted by atomic mass is 32.1. The molecule has 19 heavy (non-hydrogen) atoms. The van der Waals surface area contributed by atoms with Crippen molar-refractivity contribution in [3.05, 3.63) is 46.2 Å². The minimum absolute atomic E-state index is 0.108. The molecule has 0 aliphatic carbocycles. The van der Waals surface area contributed by atoms with E-state index in [0.717, 1.165) is 0 Å². The van der Waals surface area contributed by atoms with E-state index < -0.39 is 11.1 Å². The van der Waals surface area contributed by atoms with Gasteiger partial charge in [0.05, 0.1) is 10.6 Å². The molecular weight excluding hydrogens is 275 g/mol. The predicted molar refractivity (Wildman–Crippen MR) is 68.8 cm³/mol. The molecule has 0 aliphatic rings. The third-order valence-electron chi connectivity index (χ3n) is 2.58. The van der Waals surface area contributed by atoms with E-state index >= 15 is 0 Å². The average Bonchev–Trinajstić information content (AvgIpc) is 2.84. The maximum absolute atomic E-state index is 13.0. The molecule has 6 heteroatoms. The van der Waals surface area contributed by atoms with Crippen molar-refractivity contribution in [1.82, 2.24) is 0 Å². The Labute approximate surface area is 111 Å². The lowest BCUT2D eigenvalue weighted by Crippen LogP contribution is -2.03. The van der Waals surface area contributed by atoms with E-state index in [9.17, 15) is 13.2 Å². The van der Waals surface area contributed by atoms with Crippen LogP contribution in [0.5, 0.6) is 0 Å². The van der Waals surface area contributed by atoms with Gasteiger partial charge in [0.2, 0.25) is 0 Å². The quantitative estimate of drug-likeness (QED) is 0.487. The maximum Gasteiger partial charge on any atom is 0.426 e. The Morgan fingerprint density at radius 1 is 1.21 bits per heavy atom. The first kappa shape index (κ1) is 13.6. The lowest BCUT2D eigenvalue weighted by atomic mass is 10.1. The van der Waals surface area contributed by atoms with Crippen LogP contribution in [-0.2, 0) is 6.18 Å². The van der Waals surface area contributed by atoms with Crippen LogP contribution in [0.25, 0.3) is 11.1 Å². The first-order valence-corrected chi connectivity index (χ1v) is 6.20. The third kappa shape index (κ3) is 2.78. The Kier molecular flexibility index (Phi) is 3.61. The van der Waals surface area contributed by atoms with Crippen LogP contribution >= 0.6 is 11.3 Å². The van der Waals surface area contributed by atoms with E-state index in [4.69, 9.17) is 5.21 Å². The summed E-state index contributed by atoms with van der Waals surface area (Å²) in [6.45, 7) is 1.46. The average molecular weight is 285 g/mol. The van der Waals surface area contributed by atoms with Crippen molar-refractivity contribution in [2.24, 2.45) is 5.16 Å². The lowest BCUT2D eigenvalue weighted by Gasteiger charge is -2.07. The monoisotopic (exact) mass is 285 g/mol. The first-order chi connectivity index (χ1) is 8.93. The second-order valence-corrected chi connectivity index (χ2v) is 4.95. The smallest absolute Gasteiger partial charge is 0.411 e. The molecule has 0 unspecified atom stereocenters. The summed E-state index contributed by atoms with van der Waals surface area (Å²) in [6, 6.07) is 9.74. The first-order valence-electron chi connectivity index (χ1n) is 5.39. The Morgan fingerprint density at radius 2 is 1.84 bits per heavy atom. The van der Waals surface area contributed by atoms with E-state index in [0.29, 0.717) is 21.8 Å². The fraction of sp³-hybridized carbons (Fsp3) is 0.154. The molecule has 0 amide bonds. The van der Waals surface area contributed by atoms with Crippen LogP contribution in [0.4, 0.5) is 13.2 Å². The lowest BCUT2D eigenvalue weighted by molar-refractivity contribution is -0.133. The highest BCUT2D eigenvalue weighted by Crippen LogP contribution is 2.42. The summed E-state index contributed by atoms with van der Waals surface area (Å²) in [5.41, 5.74) is 0.761. The summed E-state index contributed by atoms with van der Waals surface area (Å²) in [6.07, 6.45) is -4.43. The Hall–Kier alpha value is -1.82. The van der Waals surface area contributed by atoms with Gasteiger partial charge < -0.3 is 5.21 Å². The van der Waals surface area contributed by atoms with Gasteiger partial charge in [-0.25, -0.2) is 0 Å². The van der Waals surface area contributed by atoms with Crippen LogP contribution in [-0.4, -0.2) is 10.9 Å². The summed E-state index contributed by atoms with van der Waals surface area (Å²) in [4.78, 5) is -0.384. The van der Waals surface area contributed by atoms with Gasteiger partial charge in [-0.3, -0.25) is 0 Å². The third-order valence-corrected chi connectivity index (χ3v) is 3.87. The zero-order chi connectivity index (χ0) is 14.0. The fourth-order valence-electron chi connectivity index (χ4n) is 1.66. The van der Waals surface area contributed by atoms with Crippen molar-refractivity contribution >= 4 is 17.0 Å². The Bertz CT molecular complexity index is 602. The van der Waals surface area contributed by atoms with Gasteiger partial charge in [0.25, 0.3) is 0 Å². The van der Waals surface area contributed by atoms with Crippen molar-refractivity contribution < 1.29 is 18.4 Å². The molecule has 0 bridgehead atoms. The summed E-state index contributed by atoms with van der Waals surface area (Å²) in [5, 5.41) is 11.6. The van der Waals surface area contributed by atoms with E-state index in [2.05, 4.69) is 5.16 Å². The number of hydrogen-bond donors (Lipinski definition) is 1. The molecule has 2 aromatic rings. The second kappa shape index (κ2) is 5.05. The van der Waals surface area contributed by atoms with Gasteiger partial charge >= 0.3 is 6.18 Å². The largest absolute Gasteiger partial charge is 0.426 e. The molecule has 100 valence electrons. The van der Waals surface area contributed by atoms with E-state index in [1.54, 1.807) is 30.3 Å². The number of benzene rings is 1. The van der Waals surface area contributed by atoms with Crippen LogP contribution < -0.4 is 0 Å². The van der Waals surface area contributed by atoms with E-state index in [1.165, 1.54) is 13.0 Å². The van der Waals surface area contributed by atoms with Crippen molar-refractivity contribution in [3.63, 3.8) is 0 Å². The topological polar surface area (TPSA) is 32.6 Å². The molecule has 0 saturated heterocycles. The molecule has 0 aliphatic heterocycles. The highest BCUT2D eigenvalue weighted by molar-refractivity contribution is 7.14. The number of thiophene rings is 1. The molecule has 0 spiro atoms. The van der Waals surface area contributed by atoms with Crippen LogP contribution in [0.1, 0.15) is 16.7 Å². The predicted octanol–water partition coefficient (Wildman–Crippen LogP) is 4.63. The highest BCUT2D eigenvalue weighted by Gasteiger charge is 2.36. The van der Waals surface area contributed by atoms with Gasteiger partial charge in [-0.05, 0) is 18.6 Å². The molecule has 0 atom stereocenters. The van der Waals surface area contributed by atoms with Crippen LogP contribution in [0.2, 0.25) is 0 Å². The second-order valence-electron chi connectivity index (χ2n) is 3.90. The molecule has 0 radical (unpaired) electrons. The number of oxime groups is 1. The number of halogens is 3. The van der Waals surface area contributed by atoms with Gasteiger partial charge in [0, 0.05) is 5.56 Å². The van der Waals surface area contributed by atoms with Crippen LogP contribution in [0.15, 0.2) is 41.6 Å². The zero-order valence-electron chi connectivity index (χ0n) is 9.90. The number of nitrogens with zero attached hydrogens (tertiary/aromatic N) is 1. The molecular formula is C13H10F3NOS. The molecule has 1 N–H and O–H groups in total. The van der Waals surface area contributed by atoms with Crippen molar-refractivity contribution in [3.8, 4) is 11.1 Å². The van der Waals surface area contributed by atoms with E-state index in [1.807, 2.05) is 0 Å². The number of alkyl halides is 3. The Balaban J connectivity index is 2.62. The van der Waals surface area contributed by atoms with Gasteiger partial charge in [-0.1, -0.05) is 35.5 Å². The van der Waals surface area contributed by atoms with Crippen LogP contribution in [0.3, 0.4) is 0 Å². The standard InChI is InChI=1S/C13H10F3NOS/c1-8(17-18)11-7-10(9-5-3-2-4-6-9)12(19-11)13(14,15)16/h2-7,18H,1H3/b17-8+. The van der Waals surface area contributed by atoms with Crippen molar-refractivity contribution in [1.29, 1.82) is 0 Å². The summed E-state index contributed by atoms with van der Waals surface area (Å²) in [5.74, 6) is 0. The van der Waals surface area contributed by atoms with Gasteiger partial charge in [0.1, 0.15) is 4.88 Å². The number of rotatable bonds is 2. The normalized spacial score (nSPS) is 12.7.